The Morgan fingerprint density at radius 2 is 2.25 bits per heavy atom. The molecule has 0 saturated carbocycles. The van der Waals surface area contributed by atoms with E-state index in [1.807, 2.05) is 24.3 Å². The topological polar surface area (TPSA) is 64.4 Å². The summed E-state index contributed by atoms with van der Waals surface area (Å²) in [6.07, 6.45) is 1.57. The fourth-order valence-electron chi connectivity index (χ4n) is 2.62. The summed E-state index contributed by atoms with van der Waals surface area (Å²) in [5.41, 5.74) is 3.87. The van der Waals surface area contributed by atoms with Gasteiger partial charge in [0, 0.05) is 12.0 Å². The molecule has 2 aromatic rings. The van der Waals surface area contributed by atoms with Gasteiger partial charge in [-0.25, -0.2) is 9.48 Å². The largest absolute Gasteiger partial charge is 0.476 e. The van der Waals surface area contributed by atoms with Gasteiger partial charge in [-0.2, -0.15) is 5.10 Å². The second kappa shape index (κ2) is 5.09. The molecule has 0 spiro atoms. The van der Waals surface area contributed by atoms with Crippen LogP contribution >= 0.6 is 0 Å². The highest BCUT2D eigenvalue weighted by Gasteiger charge is 2.26. The molecule has 2 heterocycles. The van der Waals surface area contributed by atoms with E-state index in [0.717, 1.165) is 23.4 Å². The first-order valence-corrected chi connectivity index (χ1v) is 6.72. The number of ether oxygens (including phenoxy) is 1. The van der Waals surface area contributed by atoms with Crippen molar-refractivity contribution in [1.82, 2.24) is 9.78 Å². The Labute approximate surface area is 116 Å². The molecule has 0 amide bonds. The Balaban J connectivity index is 2.21. The predicted molar refractivity (Wildman–Crippen MR) is 73.3 cm³/mol. The van der Waals surface area contributed by atoms with E-state index in [1.54, 1.807) is 4.68 Å². The summed E-state index contributed by atoms with van der Waals surface area (Å²) in [5.74, 6) is -1.00. The van der Waals surface area contributed by atoms with Gasteiger partial charge in [0.1, 0.15) is 0 Å². The normalized spacial score (nSPS) is 14.1. The molecular weight excluding hydrogens is 256 g/mol. The first kappa shape index (κ1) is 12.9. The lowest BCUT2D eigenvalue weighted by Crippen LogP contribution is -2.14. The third-order valence-corrected chi connectivity index (χ3v) is 3.62. The lowest BCUT2D eigenvalue weighted by Gasteiger charge is -2.16. The summed E-state index contributed by atoms with van der Waals surface area (Å²) in [7, 11) is 0. The van der Waals surface area contributed by atoms with Gasteiger partial charge in [-0.05, 0) is 18.1 Å². The predicted octanol–water partition coefficient (Wildman–Crippen LogP) is 2.21. The average Bonchev–Trinajstić information content (AvgIpc) is 2.87. The number of carbonyl (C=O) groups is 1. The molecule has 1 aliphatic heterocycles. The van der Waals surface area contributed by atoms with Gasteiger partial charge in [0.2, 0.25) is 0 Å². The van der Waals surface area contributed by atoms with E-state index in [9.17, 15) is 9.90 Å². The van der Waals surface area contributed by atoms with Crippen LogP contribution in [0.2, 0.25) is 0 Å². The molecule has 1 aromatic carbocycles. The van der Waals surface area contributed by atoms with Gasteiger partial charge in [-0.1, -0.05) is 25.1 Å². The molecular formula is C15H16N2O3. The number of rotatable bonds is 3. The summed E-state index contributed by atoms with van der Waals surface area (Å²) < 4.78 is 7.15. The van der Waals surface area contributed by atoms with Crippen LogP contribution in [0.25, 0.3) is 5.69 Å². The summed E-state index contributed by atoms with van der Waals surface area (Å²) in [6, 6.07) is 7.96. The first-order chi connectivity index (χ1) is 9.72. The number of para-hydroxylation sites is 1. The number of benzene rings is 1. The maximum atomic E-state index is 11.3. The maximum Gasteiger partial charge on any atom is 0.356 e. The van der Waals surface area contributed by atoms with Crippen molar-refractivity contribution in [2.75, 3.05) is 6.61 Å². The van der Waals surface area contributed by atoms with Crippen molar-refractivity contribution in [2.45, 2.75) is 26.4 Å². The SMILES string of the molecule is CCc1ccccc1-n1nc(C(=O)O)c2c1CCOC2. The monoisotopic (exact) mass is 272 g/mol. The molecule has 0 atom stereocenters. The van der Waals surface area contributed by atoms with Crippen molar-refractivity contribution in [3.8, 4) is 5.69 Å². The molecule has 0 unspecified atom stereocenters. The zero-order valence-corrected chi connectivity index (χ0v) is 11.3. The van der Waals surface area contributed by atoms with Crippen LogP contribution in [0.15, 0.2) is 24.3 Å². The van der Waals surface area contributed by atoms with Crippen LogP contribution in [-0.4, -0.2) is 27.5 Å². The van der Waals surface area contributed by atoms with Gasteiger partial charge in [0.05, 0.1) is 24.6 Å². The number of aromatic carboxylic acids is 1. The quantitative estimate of drug-likeness (QED) is 0.930. The smallest absolute Gasteiger partial charge is 0.356 e. The van der Waals surface area contributed by atoms with E-state index >= 15 is 0 Å². The fraction of sp³-hybridized carbons (Fsp3) is 0.333. The number of hydrogen-bond acceptors (Lipinski definition) is 3. The zero-order chi connectivity index (χ0) is 14.1. The van der Waals surface area contributed by atoms with Crippen molar-refractivity contribution < 1.29 is 14.6 Å². The molecule has 0 radical (unpaired) electrons. The van der Waals surface area contributed by atoms with Crippen LogP contribution < -0.4 is 0 Å². The molecule has 104 valence electrons. The fourth-order valence-corrected chi connectivity index (χ4v) is 2.62. The third kappa shape index (κ3) is 2.00. The standard InChI is InChI=1S/C15H16N2O3/c1-2-10-5-3-4-6-12(10)17-13-7-8-20-9-11(13)14(16-17)15(18)19/h3-6H,2,7-9H2,1H3,(H,18,19). The number of hydrogen-bond donors (Lipinski definition) is 1. The molecule has 5 nitrogen and oxygen atoms in total. The molecule has 0 saturated heterocycles. The molecule has 0 aliphatic carbocycles. The van der Waals surface area contributed by atoms with Crippen molar-refractivity contribution in [1.29, 1.82) is 0 Å². The Morgan fingerprint density at radius 3 is 3.00 bits per heavy atom. The van der Waals surface area contributed by atoms with Crippen LogP contribution in [0.4, 0.5) is 0 Å². The van der Waals surface area contributed by atoms with Gasteiger partial charge in [-0.3, -0.25) is 0 Å². The number of nitrogens with zero attached hydrogens (tertiary/aromatic N) is 2. The Hall–Kier alpha value is -2.14. The zero-order valence-electron chi connectivity index (χ0n) is 11.3. The van der Waals surface area contributed by atoms with E-state index in [1.165, 1.54) is 0 Å². The summed E-state index contributed by atoms with van der Waals surface area (Å²) in [4.78, 5) is 11.3. The van der Waals surface area contributed by atoms with Crippen LogP contribution in [0.3, 0.4) is 0 Å². The first-order valence-electron chi connectivity index (χ1n) is 6.72. The molecule has 1 aromatic heterocycles. The van der Waals surface area contributed by atoms with E-state index in [4.69, 9.17) is 4.74 Å². The maximum absolute atomic E-state index is 11.3. The summed E-state index contributed by atoms with van der Waals surface area (Å²) in [5, 5.41) is 13.6. The van der Waals surface area contributed by atoms with E-state index < -0.39 is 5.97 Å². The minimum atomic E-state index is -1.00. The summed E-state index contributed by atoms with van der Waals surface area (Å²) >= 11 is 0. The highest BCUT2D eigenvalue weighted by molar-refractivity contribution is 5.87. The van der Waals surface area contributed by atoms with Gasteiger partial charge in [0.15, 0.2) is 5.69 Å². The van der Waals surface area contributed by atoms with Crippen molar-refractivity contribution >= 4 is 5.97 Å². The Kier molecular flexibility index (Phi) is 3.28. The minimum absolute atomic E-state index is 0.102. The van der Waals surface area contributed by atoms with Crippen molar-refractivity contribution in [3.05, 3.63) is 46.8 Å². The minimum Gasteiger partial charge on any atom is -0.476 e. The number of aryl methyl sites for hydroxylation is 1. The van der Waals surface area contributed by atoms with E-state index in [-0.39, 0.29) is 5.69 Å². The molecule has 0 bridgehead atoms. The highest BCUT2D eigenvalue weighted by Crippen LogP contribution is 2.25. The highest BCUT2D eigenvalue weighted by atomic mass is 16.5. The third-order valence-electron chi connectivity index (χ3n) is 3.62. The van der Waals surface area contributed by atoms with Gasteiger partial charge >= 0.3 is 5.97 Å². The van der Waals surface area contributed by atoms with E-state index in [0.29, 0.717) is 25.2 Å². The summed E-state index contributed by atoms with van der Waals surface area (Å²) in [6.45, 7) is 3.01. The average molecular weight is 272 g/mol. The molecule has 0 fully saturated rings. The number of carboxylic acids is 1. The van der Waals surface area contributed by atoms with Crippen molar-refractivity contribution in [2.24, 2.45) is 0 Å². The number of aromatic nitrogens is 2. The lowest BCUT2D eigenvalue weighted by atomic mass is 10.1. The van der Waals surface area contributed by atoms with Crippen LogP contribution in [0, 0.1) is 0 Å². The Morgan fingerprint density at radius 1 is 1.45 bits per heavy atom. The number of fused-ring (bicyclic) bond motifs is 1. The van der Waals surface area contributed by atoms with Crippen LogP contribution in [0.1, 0.15) is 34.2 Å². The molecule has 20 heavy (non-hydrogen) atoms. The second-order valence-electron chi connectivity index (χ2n) is 4.78. The molecule has 1 aliphatic rings. The lowest BCUT2D eigenvalue weighted by molar-refractivity contribution is 0.0677. The van der Waals surface area contributed by atoms with Crippen LogP contribution in [-0.2, 0) is 24.2 Å². The van der Waals surface area contributed by atoms with Gasteiger partial charge in [-0.15, -0.1) is 0 Å². The van der Waals surface area contributed by atoms with E-state index in [2.05, 4.69) is 12.0 Å². The molecule has 3 rings (SSSR count). The van der Waals surface area contributed by atoms with Gasteiger partial charge < -0.3 is 9.84 Å². The van der Waals surface area contributed by atoms with Gasteiger partial charge in [0.25, 0.3) is 0 Å². The number of carboxylic acid groups (broad SMARTS) is 1. The Bertz CT molecular complexity index is 661. The second-order valence-corrected chi connectivity index (χ2v) is 4.78. The van der Waals surface area contributed by atoms with Crippen LogP contribution in [0.5, 0.6) is 0 Å². The van der Waals surface area contributed by atoms with Crippen molar-refractivity contribution in [3.63, 3.8) is 0 Å². The molecule has 5 heteroatoms. The molecule has 1 N–H and O–H groups in total.